The first-order valence-corrected chi connectivity index (χ1v) is 7.72. The number of imidazole rings is 1. The molecule has 8 heteroatoms. The zero-order chi connectivity index (χ0) is 15.0. The van der Waals surface area contributed by atoms with Crippen molar-refractivity contribution in [2.75, 3.05) is 7.05 Å². The van der Waals surface area contributed by atoms with Gasteiger partial charge in [0.2, 0.25) is 0 Å². The van der Waals surface area contributed by atoms with Gasteiger partial charge in [-0.25, -0.2) is 4.98 Å². The zero-order valence-electron chi connectivity index (χ0n) is 11.0. The first-order chi connectivity index (χ1) is 10.1. The summed E-state index contributed by atoms with van der Waals surface area (Å²) in [7, 11) is 1.72. The SMILES string of the molecule is CN(Cc1cn2ccccc2n1)C(=O)c1n[nH]c(Br)c1Br. The van der Waals surface area contributed by atoms with Crippen LogP contribution in [0.1, 0.15) is 16.2 Å². The van der Waals surface area contributed by atoms with Crippen molar-refractivity contribution in [1.29, 1.82) is 0 Å². The van der Waals surface area contributed by atoms with E-state index in [1.54, 1.807) is 11.9 Å². The first-order valence-electron chi connectivity index (χ1n) is 6.13. The summed E-state index contributed by atoms with van der Waals surface area (Å²) in [5.41, 5.74) is 2.02. The number of H-pyrrole nitrogens is 1. The van der Waals surface area contributed by atoms with E-state index in [-0.39, 0.29) is 5.91 Å². The average molecular weight is 413 g/mol. The van der Waals surface area contributed by atoms with Gasteiger partial charge in [0.25, 0.3) is 5.91 Å². The molecular formula is C13H11Br2N5O. The van der Waals surface area contributed by atoms with Gasteiger partial charge in [-0.05, 0) is 44.0 Å². The number of aromatic nitrogens is 4. The summed E-state index contributed by atoms with van der Waals surface area (Å²) in [5.74, 6) is -0.180. The molecular weight excluding hydrogens is 402 g/mol. The summed E-state index contributed by atoms with van der Waals surface area (Å²) in [6, 6.07) is 5.79. The predicted octanol–water partition coefficient (Wildman–Crippen LogP) is 2.85. The molecule has 0 bridgehead atoms. The molecule has 0 aliphatic carbocycles. The normalized spacial score (nSPS) is 11.0. The van der Waals surface area contributed by atoms with Crippen molar-refractivity contribution in [3.8, 4) is 0 Å². The third kappa shape index (κ3) is 2.73. The fourth-order valence-corrected chi connectivity index (χ4v) is 2.63. The molecule has 1 N–H and O–H groups in total. The minimum atomic E-state index is -0.180. The van der Waals surface area contributed by atoms with Gasteiger partial charge in [-0.3, -0.25) is 9.89 Å². The molecule has 3 aromatic rings. The van der Waals surface area contributed by atoms with Gasteiger partial charge in [0, 0.05) is 19.4 Å². The highest BCUT2D eigenvalue weighted by Crippen LogP contribution is 2.24. The molecule has 0 radical (unpaired) electrons. The Morgan fingerprint density at radius 2 is 2.24 bits per heavy atom. The highest BCUT2D eigenvalue weighted by atomic mass is 79.9. The van der Waals surface area contributed by atoms with Gasteiger partial charge in [0.05, 0.1) is 16.7 Å². The lowest BCUT2D eigenvalue weighted by atomic mass is 10.3. The van der Waals surface area contributed by atoms with Crippen LogP contribution in [0.25, 0.3) is 5.65 Å². The lowest BCUT2D eigenvalue weighted by Gasteiger charge is -2.14. The molecule has 3 aromatic heterocycles. The van der Waals surface area contributed by atoms with E-state index in [1.807, 2.05) is 35.0 Å². The van der Waals surface area contributed by atoms with Crippen molar-refractivity contribution in [2.45, 2.75) is 6.54 Å². The van der Waals surface area contributed by atoms with Crippen LogP contribution in [0.2, 0.25) is 0 Å². The number of hydrogen-bond donors (Lipinski definition) is 1. The van der Waals surface area contributed by atoms with Crippen molar-refractivity contribution >= 4 is 43.4 Å². The Kier molecular flexibility index (Phi) is 3.81. The van der Waals surface area contributed by atoms with Crippen LogP contribution in [0.5, 0.6) is 0 Å². The monoisotopic (exact) mass is 411 g/mol. The standard InChI is InChI=1S/C13H11Br2N5O/c1-19(13(21)11-10(14)12(15)18-17-11)6-8-7-20-5-3-2-4-9(20)16-8/h2-5,7H,6H2,1H3,(H,17,18). The number of carbonyl (C=O) groups excluding carboxylic acids is 1. The third-order valence-electron chi connectivity index (χ3n) is 3.03. The maximum absolute atomic E-state index is 12.4. The minimum absolute atomic E-state index is 0.180. The fraction of sp³-hybridized carbons (Fsp3) is 0.154. The second-order valence-corrected chi connectivity index (χ2v) is 6.15. The Hall–Kier alpha value is -1.67. The van der Waals surface area contributed by atoms with Gasteiger partial charge in [-0.15, -0.1) is 0 Å². The van der Waals surface area contributed by atoms with E-state index in [0.29, 0.717) is 21.3 Å². The molecule has 0 saturated heterocycles. The van der Waals surface area contributed by atoms with E-state index in [4.69, 9.17) is 0 Å². The molecule has 0 atom stereocenters. The molecule has 0 unspecified atom stereocenters. The molecule has 6 nitrogen and oxygen atoms in total. The summed E-state index contributed by atoms with van der Waals surface area (Å²) in [5, 5.41) is 6.70. The molecule has 0 aromatic carbocycles. The Bertz CT molecular complexity index is 777. The van der Waals surface area contributed by atoms with E-state index in [9.17, 15) is 4.79 Å². The Morgan fingerprint density at radius 3 is 2.90 bits per heavy atom. The van der Waals surface area contributed by atoms with Crippen molar-refractivity contribution in [3.63, 3.8) is 0 Å². The zero-order valence-corrected chi connectivity index (χ0v) is 14.2. The molecule has 0 aliphatic rings. The number of rotatable bonds is 3. The highest BCUT2D eigenvalue weighted by molar-refractivity contribution is 9.13. The highest BCUT2D eigenvalue weighted by Gasteiger charge is 2.20. The van der Waals surface area contributed by atoms with E-state index in [2.05, 4.69) is 47.0 Å². The molecule has 0 spiro atoms. The number of carbonyl (C=O) groups is 1. The van der Waals surface area contributed by atoms with E-state index in [1.165, 1.54) is 0 Å². The first kappa shape index (κ1) is 14.3. The molecule has 3 rings (SSSR count). The lowest BCUT2D eigenvalue weighted by Crippen LogP contribution is -2.27. The van der Waals surface area contributed by atoms with Crippen LogP contribution in [-0.4, -0.2) is 37.4 Å². The average Bonchev–Trinajstić information content (AvgIpc) is 3.02. The van der Waals surface area contributed by atoms with E-state index < -0.39 is 0 Å². The Morgan fingerprint density at radius 1 is 1.43 bits per heavy atom. The van der Waals surface area contributed by atoms with Crippen molar-refractivity contribution in [1.82, 2.24) is 24.5 Å². The predicted molar refractivity (Wildman–Crippen MR) is 85.0 cm³/mol. The second kappa shape index (κ2) is 5.61. The third-order valence-corrected chi connectivity index (χ3v) is 4.91. The lowest BCUT2D eigenvalue weighted by molar-refractivity contribution is 0.0777. The summed E-state index contributed by atoms with van der Waals surface area (Å²) in [6.45, 7) is 0.414. The molecule has 0 fully saturated rings. The number of halogens is 2. The van der Waals surface area contributed by atoms with Crippen molar-refractivity contribution in [3.05, 3.63) is 51.1 Å². The number of aromatic amines is 1. The molecule has 21 heavy (non-hydrogen) atoms. The largest absolute Gasteiger partial charge is 0.334 e. The van der Waals surface area contributed by atoms with Crippen molar-refractivity contribution < 1.29 is 4.79 Å². The van der Waals surface area contributed by atoms with Gasteiger partial charge < -0.3 is 9.30 Å². The number of nitrogens with zero attached hydrogens (tertiary/aromatic N) is 4. The van der Waals surface area contributed by atoms with Gasteiger partial charge in [-0.1, -0.05) is 6.07 Å². The number of nitrogens with one attached hydrogen (secondary N) is 1. The smallest absolute Gasteiger partial charge is 0.275 e. The maximum atomic E-state index is 12.4. The number of amides is 1. The van der Waals surface area contributed by atoms with Crippen LogP contribution in [0.4, 0.5) is 0 Å². The topological polar surface area (TPSA) is 66.3 Å². The van der Waals surface area contributed by atoms with Crippen molar-refractivity contribution in [2.24, 2.45) is 0 Å². The minimum Gasteiger partial charge on any atom is -0.334 e. The van der Waals surface area contributed by atoms with Gasteiger partial charge in [0.15, 0.2) is 5.69 Å². The van der Waals surface area contributed by atoms with Crippen LogP contribution in [0.15, 0.2) is 39.7 Å². The van der Waals surface area contributed by atoms with E-state index >= 15 is 0 Å². The molecule has 1 amide bonds. The number of fused-ring (bicyclic) bond motifs is 1. The Labute approximate surface area is 137 Å². The quantitative estimate of drug-likeness (QED) is 0.719. The van der Waals surface area contributed by atoms with Crippen LogP contribution in [-0.2, 0) is 6.54 Å². The molecule has 0 aliphatic heterocycles. The number of pyridine rings is 1. The fourth-order valence-electron chi connectivity index (χ4n) is 2.01. The van der Waals surface area contributed by atoms with Crippen LogP contribution in [0.3, 0.4) is 0 Å². The molecule has 108 valence electrons. The summed E-state index contributed by atoms with van der Waals surface area (Å²) in [6.07, 6.45) is 3.84. The van der Waals surface area contributed by atoms with Gasteiger partial charge >= 0.3 is 0 Å². The van der Waals surface area contributed by atoms with E-state index in [0.717, 1.165) is 11.3 Å². The van der Waals surface area contributed by atoms with Gasteiger partial charge in [-0.2, -0.15) is 5.10 Å². The Balaban J connectivity index is 1.80. The maximum Gasteiger partial charge on any atom is 0.275 e. The number of hydrogen-bond acceptors (Lipinski definition) is 3. The van der Waals surface area contributed by atoms with Crippen LogP contribution < -0.4 is 0 Å². The van der Waals surface area contributed by atoms with Gasteiger partial charge in [0.1, 0.15) is 10.3 Å². The summed E-state index contributed by atoms with van der Waals surface area (Å²) >= 11 is 6.60. The second-order valence-electron chi connectivity index (χ2n) is 4.56. The van der Waals surface area contributed by atoms with Crippen LogP contribution in [0, 0.1) is 0 Å². The summed E-state index contributed by atoms with van der Waals surface area (Å²) < 4.78 is 3.19. The molecule has 3 heterocycles. The molecule has 0 saturated carbocycles. The van der Waals surface area contributed by atoms with Crippen LogP contribution >= 0.6 is 31.9 Å². The summed E-state index contributed by atoms with van der Waals surface area (Å²) in [4.78, 5) is 18.4.